The van der Waals surface area contributed by atoms with Gasteiger partial charge >= 0.3 is 0 Å². The summed E-state index contributed by atoms with van der Waals surface area (Å²) in [4.78, 5) is 0.466. The number of rotatable bonds is 2. The van der Waals surface area contributed by atoms with Gasteiger partial charge in [-0.3, -0.25) is 0 Å². The second-order valence-corrected chi connectivity index (χ2v) is 5.67. The fourth-order valence-electron chi connectivity index (χ4n) is 1.24. The number of hydrogen-bond donors (Lipinski definition) is 1. The normalized spacial score (nSPS) is 11.5. The summed E-state index contributed by atoms with van der Waals surface area (Å²) in [6.45, 7) is 0. The van der Waals surface area contributed by atoms with E-state index in [1.165, 1.54) is 11.3 Å². The van der Waals surface area contributed by atoms with E-state index in [0.717, 1.165) is 0 Å². The summed E-state index contributed by atoms with van der Waals surface area (Å²) in [7, 11) is -3.44. The van der Waals surface area contributed by atoms with Crippen LogP contribution < -0.4 is 5.73 Å². The fourth-order valence-corrected chi connectivity index (χ4v) is 3.73. The number of hydrogen-bond acceptors (Lipinski definition) is 4. The molecule has 1 aromatic carbocycles. The standard InChI is InChI=1S/C10H9NO2S2/c11-9-6-14-7-10(9)15(12,13)8-4-2-1-3-5-8/h1-7H,11H2. The highest BCUT2D eigenvalue weighted by molar-refractivity contribution is 7.91. The second-order valence-electron chi connectivity index (χ2n) is 3.01. The Kier molecular flexibility index (Phi) is 2.50. The van der Waals surface area contributed by atoms with Gasteiger partial charge in [-0.25, -0.2) is 8.42 Å². The van der Waals surface area contributed by atoms with Gasteiger partial charge in [0.05, 0.1) is 10.6 Å². The molecule has 0 aliphatic carbocycles. The molecule has 0 atom stereocenters. The third kappa shape index (κ3) is 1.75. The van der Waals surface area contributed by atoms with Gasteiger partial charge in [0.25, 0.3) is 0 Å². The van der Waals surface area contributed by atoms with Crippen molar-refractivity contribution in [2.45, 2.75) is 9.79 Å². The van der Waals surface area contributed by atoms with Gasteiger partial charge in [-0.05, 0) is 12.1 Å². The van der Waals surface area contributed by atoms with Gasteiger partial charge in [0, 0.05) is 10.8 Å². The summed E-state index contributed by atoms with van der Waals surface area (Å²) in [6.07, 6.45) is 0. The Hall–Kier alpha value is -1.33. The molecule has 2 rings (SSSR count). The average molecular weight is 239 g/mol. The highest BCUT2D eigenvalue weighted by Gasteiger charge is 2.20. The molecule has 2 N–H and O–H groups in total. The number of anilines is 1. The van der Waals surface area contributed by atoms with E-state index >= 15 is 0 Å². The van der Waals surface area contributed by atoms with Gasteiger partial charge in [-0.15, -0.1) is 11.3 Å². The molecule has 1 heterocycles. The van der Waals surface area contributed by atoms with Crippen molar-refractivity contribution >= 4 is 26.9 Å². The van der Waals surface area contributed by atoms with Crippen LogP contribution in [0.5, 0.6) is 0 Å². The van der Waals surface area contributed by atoms with Crippen LogP contribution in [0.2, 0.25) is 0 Å². The molecule has 0 saturated carbocycles. The molecule has 0 aliphatic rings. The van der Waals surface area contributed by atoms with Gasteiger partial charge in [-0.2, -0.15) is 0 Å². The number of benzene rings is 1. The highest BCUT2D eigenvalue weighted by atomic mass is 32.2. The van der Waals surface area contributed by atoms with Crippen LogP contribution in [-0.4, -0.2) is 8.42 Å². The van der Waals surface area contributed by atoms with Crippen LogP contribution in [-0.2, 0) is 9.84 Å². The minimum Gasteiger partial charge on any atom is -0.397 e. The molecule has 5 heteroatoms. The summed E-state index contributed by atoms with van der Waals surface area (Å²) >= 11 is 1.28. The molecule has 0 spiro atoms. The van der Waals surface area contributed by atoms with Crippen LogP contribution in [0.1, 0.15) is 0 Å². The Morgan fingerprint density at radius 1 is 1.07 bits per heavy atom. The monoisotopic (exact) mass is 239 g/mol. The van der Waals surface area contributed by atoms with Crippen molar-refractivity contribution in [2.24, 2.45) is 0 Å². The molecule has 0 radical (unpaired) electrons. The van der Waals surface area contributed by atoms with Crippen molar-refractivity contribution in [1.82, 2.24) is 0 Å². The first-order valence-corrected chi connectivity index (χ1v) is 6.67. The number of thiophene rings is 1. The summed E-state index contributed by atoms with van der Waals surface area (Å²) in [5.74, 6) is 0. The molecule has 3 nitrogen and oxygen atoms in total. The van der Waals surface area contributed by atoms with Crippen molar-refractivity contribution < 1.29 is 8.42 Å². The van der Waals surface area contributed by atoms with Crippen molar-refractivity contribution in [3.63, 3.8) is 0 Å². The Morgan fingerprint density at radius 3 is 2.27 bits per heavy atom. The van der Waals surface area contributed by atoms with E-state index in [2.05, 4.69) is 0 Å². The van der Waals surface area contributed by atoms with Gasteiger partial charge in [0.2, 0.25) is 9.84 Å². The number of nitrogen functional groups attached to an aromatic ring is 1. The van der Waals surface area contributed by atoms with Crippen LogP contribution in [0.4, 0.5) is 5.69 Å². The predicted molar refractivity (Wildman–Crippen MR) is 60.6 cm³/mol. The minimum absolute atomic E-state index is 0.193. The zero-order valence-corrected chi connectivity index (χ0v) is 9.38. The first-order chi connectivity index (χ1) is 7.12. The molecule has 0 aliphatic heterocycles. The topological polar surface area (TPSA) is 60.2 Å². The fraction of sp³-hybridized carbons (Fsp3) is 0. The van der Waals surface area contributed by atoms with Crippen molar-refractivity contribution in [1.29, 1.82) is 0 Å². The Balaban J connectivity index is 2.60. The Labute approximate surface area is 92.1 Å². The van der Waals surface area contributed by atoms with Gasteiger partial charge in [0.1, 0.15) is 4.90 Å². The van der Waals surface area contributed by atoms with Crippen molar-refractivity contribution in [2.75, 3.05) is 5.73 Å². The molecular weight excluding hydrogens is 230 g/mol. The molecule has 0 fully saturated rings. The van der Waals surface area contributed by atoms with E-state index in [4.69, 9.17) is 5.73 Å². The smallest absolute Gasteiger partial charge is 0.209 e. The highest BCUT2D eigenvalue weighted by Crippen LogP contribution is 2.28. The van der Waals surface area contributed by atoms with E-state index in [1.54, 1.807) is 41.1 Å². The third-order valence-corrected chi connectivity index (χ3v) is 4.73. The number of sulfone groups is 1. The molecule has 0 unspecified atom stereocenters. The lowest BCUT2D eigenvalue weighted by atomic mass is 10.4. The maximum Gasteiger partial charge on any atom is 0.209 e. The zero-order valence-electron chi connectivity index (χ0n) is 7.75. The third-order valence-electron chi connectivity index (χ3n) is 2.00. The van der Waals surface area contributed by atoms with Gasteiger partial charge < -0.3 is 5.73 Å². The van der Waals surface area contributed by atoms with Crippen LogP contribution in [0.15, 0.2) is 50.9 Å². The minimum atomic E-state index is -3.44. The Bertz CT molecular complexity index is 558. The van der Waals surface area contributed by atoms with Crippen molar-refractivity contribution in [3.05, 3.63) is 41.1 Å². The second kappa shape index (κ2) is 3.67. The lowest BCUT2D eigenvalue weighted by Gasteiger charge is -2.02. The molecule has 2 aromatic rings. The predicted octanol–water partition coefficient (Wildman–Crippen LogP) is 2.16. The lowest BCUT2D eigenvalue weighted by molar-refractivity contribution is 0.597. The largest absolute Gasteiger partial charge is 0.397 e. The maximum absolute atomic E-state index is 12.0. The summed E-state index contributed by atoms with van der Waals surface area (Å²) in [5, 5.41) is 3.17. The van der Waals surface area contributed by atoms with Crippen LogP contribution in [0, 0.1) is 0 Å². The maximum atomic E-state index is 12.0. The first kappa shape index (κ1) is 10.2. The molecule has 1 aromatic heterocycles. The lowest BCUT2D eigenvalue weighted by Crippen LogP contribution is -2.02. The summed E-state index contributed by atoms with van der Waals surface area (Å²) in [6, 6.07) is 8.28. The molecular formula is C10H9NO2S2. The first-order valence-electron chi connectivity index (χ1n) is 4.24. The van der Waals surface area contributed by atoms with Gasteiger partial charge in [-0.1, -0.05) is 18.2 Å². The SMILES string of the molecule is Nc1cscc1S(=O)(=O)c1ccccc1. The average Bonchev–Trinajstić information content (AvgIpc) is 2.66. The van der Waals surface area contributed by atoms with E-state index in [9.17, 15) is 8.42 Å². The molecule has 0 saturated heterocycles. The van der Waals surface area contributed by atoms with Crippen LogP contribution >= 0.6 is 11.3 Å². The zero-order chi connectivity index (χ0) is 10.9. The van der Waals surface area contributed by atoms with Crippen LogP contribution in [0.25, 0.3) is 0 Å². The van der Waals surface area contributed by atoms with E-state index in [-0.39, 0.29) is 9.79 Å². The van der Waals surface area contributed by atoms with E-state index < -0.39 is 9.84 Å². The quantitative estimate of drug-likeness (QED) is 0.873. The molecule has 78 valence electrons. The van der Waals surface area contributed by atoms with Gasteiger partial charge in [0.15, 0.2) is 0 Å². The Morgan fingerprint density at radius 2 is 1.73 bits per heavy atom. The number of nitrogens with two attached hydrogens (primary N) is 1. The molecule has 0 bridgehead atoms. The van der Waals surface area contributed by atoms with E-state index in [1.807, 2.05) is 0 Å². The van der Waals surface area contributed by atoms with Crippen LogP contribution in [0.3, 0.4) is 0 Å². The molecule has 0 amide bonds. The van der Waals surface area contributed by atoms with E-state index in [0.29, 0.717) is 5.69 Å². The summed E-state index contributed by atoms with van der Waals surface area (Å²) < 4.78 is 24.1. The van der Waals surface area contributed by atoms with Crippen molar-refractivity contribution in [3.8, 4) is 0 Å². The summed E-state index contributed by atoms with van der Waals surface area (Å²) in [5.41, 5.74) is 5.90. The molecule has 15 heavy (non-hydrogen) atoms.